The topological polar surface area (TPSA) is 95.3 Å². The summed E-state index contributed by atoms with van der Waals surface area (Å²) in [5.74, 6) is -1.10. The van der Waals surface area contributed by atoms with Crippen LogP contribution in [-0.4, -0.2) is 34.9 Å². The fourth-order valence-electron chi connectivity index (χ4n) is 4.52. The van der Waals surface area contributed by atoms with Crippen molar-refractivity contribution in [2.75, 3.05) is 13.2 Å². The molecule has 2 N–H and O–H groups in total. The summed E-state index contributed by atoms with van der Waals surface area (Å²) in [7, 11) is 0. The quantitative estimate of drug-likeness (QED) is 0.357. The number of rotatable bonds is 6. The number of benzene rings is 2. The zero-order chi connectivity index (χ0) is 25.8. The highest BCUT2D eigenvalue weighted by molar-refractivity contribution is 6.20. The molecule has 4 rings (SSSR count). The number of fused-ring (bicyclic) bond motifs is 4. The lowest BCUT2D eigenvalue weighted by atomic mass is 9.71. The zero-order valence-electron chi connectivity index (χ0n) is 19.8. The minimum Gasteiger partial charge on any atom is -0.493 e. The lowest BCUT2D eigenvalue weighted by Gasteiger charge is -2.32. The molecule has 6 nitrogen and oxygen atoms in total. The highest BCUT2D eigenvalue weighted by atomic mass is 19.4. The number of halogens is 3. The van der Waals surface area contributed by atoms with Crippen LogP contribution in [0, 0.1) is 11.3 Å². The smallest absolute Gasteiger partial charge is 0.419 e. The van der Waals surface area contributed by atoms with E-state index >= 15 is 0 Å². The van der Waals surface area contributed by atoms with Crippen molar-refractivity contribution < 1.29 is 32.5 Å². The van der Waals surface area contributed by atoms with Gasteiger partial charge in [0, 0.05) is 28.5 Å². The van der Waals surface area contributed by atoms with Crippen LogP contribution in [-0.2, 0) is 16.3 Å². The molecular formula is C26H25F3N2O4. The molecule has 1 aliphatic rings. The van der Waals surface area contributed by atoms with Crippen LogP contribution < -0.4 is 4.74 Å². The van der Waals surface area contributed by atoms with E-state index in [0.29, 0.717) is 42.2 Å². The molecule has 0 amide bonds. The maximum atomic E-state index is 13.9. The molecule has 1 aromatic heterocycles. The Balaban J connectivity index is 1.73. The summed E-state index contributed by atoms with van der Waals surface area (Å²) in [4.78, 5) is 16.3. The third-order valence-electron chi connectivity index (χ3n) is 6.15. The van der Waals surface area contributed by atoms with Crippen LogP contribution in [0.15, 0.2) is 30.3 Å². The maximum Gasteiger partial charge on any atom is 0.419 e. The first kappa shape index (κ1) is 24.8. The molecule has 1 heterocycles. The molecule has 2 aromatic carbocycles. The Labute approximate surface area is 200 Å². The molecule has 0 bridgehead atoms. The number of ether oxygens (including phenoxy) is 2. The van der Waals surface area contributed by atoms with Crippen molar-refractivity contribution >= 4 is 16.7 Å². The number of nitriles is 1. The third-order valence-corrected chi connectivity index (χ3v) is 6.15. The number of ketones is 1. The first-order valence-electron chi connectivity index (χ1n) is 11.1. The summed E-state index contributed by atoms with van der Waals surface area (Å²) in [6, 6.07) is 9.10. The first-order chi connectivity index (χ1) is 16.3. The van der Waals surface area contributed by atoms with Gasteiger partial charge >= 0.3 is 6.18 Å². The van der Waals surface area contributed by atoms with Crippen molar-refractivity contribution in [3.8, 4) is 11.8 Å². The number of alkyl halides is 3. The van der Waals surface area contributed by atoms with E-state index < -0.39 is 28.5 Å². The number of nitrogens with zero attached hydrogens (tertiary/aromatic N) is 1. The highest BCUT2D eigenvalue weighted by Gasteiger charge is 2.43. The molecule has 184 valence electrons. The molecule has 0 unspecified atom stereocenters. The van der Waals surface area contributed by atoms with Gasteiger partial charge in [-0.25, -0.2) is 0 Å². The van der Waals surface area contributed by atoms with Gasteiger partial charge in [0.05, 0.1) is 41.5 Å². The van der Waals surface area contributed by atoms with Crippen LogP contribution in [0.5, 0.6) is 5.75 Å². The lowest BCUT2D eigenvalue weighted by Crippen LogP contribution is -2.30. The monoisotopic (exact) mass is 486 g/mol. The Morgan fingerprint density at radius 1 is 1.14 bits per heavy atom. The van der Waals surface area contributed by atoms with Gasteiger partial charge in [-0.3, -0.25) is 4.79 Å². The van der Waals surface area contributed by atoms with Crippen molar-refractivity contribution in [2.45, 2.75) is 51.5 Å². The number of aromatic nitrogens is 1. The molecule has 0 saturated carbocycles. The van der Waals surface area contributed by atoms with E-state index in [1.165, 1.54) is 19.9 Å². The summed E-state index contributed by atoms with van der Waals surface area (Å²) < 4.78 is 52.7. The van der Waals surface area contributed by atoms with E-state index in [9.17, 15) is 28.3 Å². The number of aliphatic hydroxyl groups is 1. The molecule has 0 fully saturated rings. The molecule has 0 radical (unpaired) electrons. The van der Waals surface area contributed by atoms with Gasteiger partial charge in [-0.05, 0) is 43.7 Å². The number of carbonyl (C=O) groups is 1. The van der Waals surface area contributed by atoms with Gasteiger partial charge in [0.25, 0.3) is 0 Å². The van der Waals surface area contributed by atoms with Crippen molar-refractivity contribution in [3.05, 3.63) is 63.8 Å². The predicted molar refractivity (Wildman–Crippen MR) is 122 cm³/mol. The van der Waals surface area contributed by atoms with E-state index in [4.69, 9.17) is 9.47 Å². The molecule has 35 heavy (non-hydrogen) atoms. The molecular weight excluding hydrogens is 461 g/mol. The third kappa shape index (κ3) is 4.40. The van der Waals surface area contributed by atoms with Crippen molar-refractivity contribution in [2.24, 2.45) is 0 Å². The fraction of sp³-hybridized carbons (Fsp3) is 0.385. The van der Waals surface area contributed by atoms with E-state index in [1.54, 1.807) is 24.3 Å². The lowest BCUT2D eigenvalue weighted by molar-refractivity contribution is -0.176. The molecule has 0 aliphatic heterocycles. The van der Waals surface area contributed by atoms with Crippen LogP contribution in [0.4, 0.5) is 13.2 Å². The zero-order valence-corrected chi connectivity index (χ0v) is 19.8. The normalized spacial score (nSPS) is 15.0. The second-order valence-electron chi connectivity index (χ2n) is 9.55. The number of carbonyl (C=O) groups excluding carboxylic acids is 1. The molecule has 3 aromatic rings. The van der Waals surface area contributed by atoms with Crippen molar-refractivity contribution in [1.29, 1.82) is 5.26 Å². The number of H-pyrrole nitrogens is 1. The number of hydrogen-bond acceptors (Lipinski definition) is 5. The van der Waals surface area contributed by atoms with E-state index in [2.05, 4.69) is 4.98 Å². The Bertz CT molecular complexity index is 1360. The summed E-state index contributed by atoms with van der Waals surface area (Å²) in [6.07, 6.45) is -4.25. The molecule has 0 spiro atoms. The van der Waals surface area contributed by atoms with E-state index in [-0.39, 0.29) is 22.2 Å². The van der Waals surface area contributed by atoms with Gasteiger partial charge in [0.2, 0.25) is 0 Å². The molecule has 1 aliphatic carbocycles. The van der Waals surface area contributed by atoms with Crippen molar-refractivity contribution in [3.63, 3.8) is 0 Å². The SMILES string of the molecule is CC(C)(O)OCCCOc1ccc2c(c1)C(C)(C)c1[nH]c3c(C(F)(F)F)c(C#N)ccc3c1C2=O. The number of hydrogen-bond donors (Lipinski definition) is 2. The second-order valence-corrected chi connectivity index (χ2v) is 9.55. The van der Waals surface area contributed by atoms with Crippen LogP contribution >= 0.6 is 0 Å². The predicted octanol–water partition coefficient (Wildman–Crippen LogP) is 5.44. The van der Waals surface area contributed by atoms with E-state index in [0.717, 1.165) is 6.07 Å². The first-order valence-corrected chi connectivity index (χ1v) is 11.1. The van der Waals surface area contributed by atoms with E-state index in [1.807, 2.05) is 13.8 Å². The van der Waals surface area contributed by atoms with Gasteiger partial charge < -0.3 is 19.6 Å². The number of nitrogens with one attached hydrogen (secondary N) is 1. The molecule has 0 atom stereocenters. The Morgan fingerprint density at radius 2 is 1.86 bits per heavy atom. The van der Waals surface area contributed by atoms with Gasteiger partial charge in [0.1, 0.15) is 5.75 Å². The molecule has 0 saturated heterocycles. The van der Waals surface area contributed by atoms with Crippen LogP contribution in [0.2, 0.25) is 0 Å². The molecule has 9 heteroatoms. The van der Waals surface area contributed by atoms with Crippen LogP contribution in [0.1, 0.15) is 72.4 Å². The minimum atomic E-state index is -4.77. The van der Waals surface area contributed by atoms with Gasteiger partial charge in [-0.2, -0.15) is 18.4 Å². The highest BCUT2D eigenvalue weighted by Crippen LogP contribution is 2.47. The summed E-state index contributed by atoms with van der Waals surface area (Å²) in [5, 5.41) is 19.0. The average Bonchev–Trinajstić information content (AvgIpc) is 3.16. The largest absolute Gasteiger partial charge is 0.493 e. The fourth-order valence-corrected chi connectivity index (χ4v) is 4.52. The Morgan fingerprint density at radius 3 is 2.49 bits per heavy atom. The number of aromatic amines is 1. The summed E-state index contributed by atoms with van der Waals surface area (Å²) in [6.45, 7) is 7.33. The Kier molecular flexibility index (Phi) is 5.94. The summed E-state index contributed by atoms with van der Waals surface area (Å²) in [5.41, 5.74) is -1.12. The second kappa shape index (κ2) is 8.40. The van der Waals surface area contributed by atoms with Gasteiger partial charge in [-0.15, -0.1) is 0 Å². The standard InChI is InChI=1S/C26H25F3N2O4/c1-24(2)18-12-15(34-10-5-11-35-25(3,4)33)7-9-16(18)22(32)19-17-8-6-14(13-30)20(26(27,28)29)21(17)31-23(19)24/h6-9,12,31,33H,5,10-11H2,1-4H3. The minimum absolute atomic E-state index is 0.141. The summed E-state index contributed by atoms with van der Waals surface area (Å²) >= 11 is 0. The maximum absolute atomic E-state index is 13.9. The average molecular weight is 486 g/mol. The Hall–Kier alpha value is -3.35. The van der Waals surface area contributed by atoms with Crippen LogP contribution in [0.3, 0.4) is 0 Å². The van der Waals surface area contributed by atoms with Crippen LogP contribution in [0.25, 0.3) is 10.9 Å². The van der Waals surface area contributed by atoms with Gasteiger partial charge in [0.15, 0.2) is 11.6 Å². The van der Waals surface area contributed by atoms with Crippen molar-refractivity contribution in [1.82, 2.24) is 4.98 Å². The van der Waals surface area contributed by atoms with Gasteiger partial charge in [-0.1, -0.05) is 19.9 Å².